The Bertz CT molecular complexity index is 925. The minimum absolute atomic E-state index is 0.103. The third-order valence-corrected chi connectivity index (χ3v) is 4.57. The zero-order chi connectivity index (χ0) is 17.8. The van der Waals surface area contributed by atoms with Crippen LogP contribution in [0.3, 0.4) is 0 Å². The molecule has 0 N–H and O–H groups in total. The number of fused-ring (bicyclic) bond motifs is 1. The van der Waals surface area contributed by atoms with Crippen molar-refractivity contribution >= 4 is 29.1 Å². The van der Waals surface area contributed by atoms with Gasteiger partial charge in [0, 0.05) is 13.1 Å². The van der Waals surface area contributed by atoms with E-state index in [0.717, 1.165) is 22.4 Å². The molecular formula is C21H21N3O2. The van der Waals surface area contributed by atoms with Crippen molar-refractivity contribution in [3.8, 4) is 0 Å². The molecule has 0 radical (unpaired) electrons. The van der Waals surface area contributed by atoms with Crippen LogP contribution in [-0.2, 0) is 16.1 Å². The Morgan fingerprint density at radius 1 is 1.00 bits per heavy atom. The van der Waals surface area contributed by atoms with Crippen LogP contribution in [0.15, 0.2) is 54.6 Å². The molecule has 1 aliphatic rings. The highest BCUT2D eigenvalue weighted by Crippen LogP contribution is 2.18. The van der Waals surface area contributed by atoms with Gasteiger partial charge in [-0.25, -0.2) is 4.98 Å². The Balaban J connectivity index is 1.65. The molecule has 2 heterocycles. The molecule has 5 nitrogen and oxygen atoms in total. The smallest absolute Gasteiger partial charge is 0.242 e. The van der Waals surface area contributed by atoms with Crippen LogP contribution < -0.4 is 0 Å². The second-order valence-corrected chi connectivity index (χ2v) is 6.28. The number of nitrogens with zero attached hydrogens (tertiary/aromatic N) is 3. The van der Waals surface area contributed by atoms with Gasteiger partial charge < -0.3 is 14.2 Å². The summed E-state index contributed by atoms with van der Waals surface area (Å²) in [6.45, 7) is 2.81. The molecular weight excluding hydrogens is 326 g/mol. The first-order chi connectivity index (χ1) is 12.8. The summed E-state index contributed by atoms with van der Waals surface area (Å²) >= 11 is 0. The highest BCUT2D eigenvalue weighted by atomic mass is 16.5. The molecule has 1 aliphatic heterocycles. The summed E-state index contributed by atoms with van der Waals surface area (Å²) in [5, 5.41) is 0. The summed E-state index contributed by atoms with van der Waals surface area (Å²) in [5.41, 5.74) is 2.97. The van der Waals surface area contributed by atoms with E-state index in [1.807, 2.05) is 76.2 Å². The van der Waals surface area contributed by atoms with Crippen LogP contribution in [0.1, 0.15) is 11.4 Å². The maximum Gasteiger partial charge on any atom is 0.242 e. The topological polar surface area (TPSA) is 47.4 Å². The van der Waals surface area contributed by atoms with Gasteiger partial charge in [-0.05, 0) is 23.8 Å². The van der Waals surface area contributed by atoms with E-state index in [2.05, 4.69) is 0 Å². The summed E-state index contributed by atoms with van der Waals surface area (Å²) in [7, 11) is 0. The lowest BCUT2D eigenvalue weighted by atomic mass is 10.2. The maximum atomic E-state index is 12.7. The van der Waals surface area contributed by atoms with Gasteiger partial charge >= 0.3 is 0 Å². The molecule has 0 unspecified atom stereocenters. The number of para-hydroxylation sites is 2. The molecule has 0 bridgehead atoms. The van der Waals surface area contributed by atoms with E-state index < -0.39 is 0 Å². The molecule has 1 aromatic heterocycles. The van der Waals surface area contributed by atoms with E-state index in [9.17, 15) is 4.79 Å². The van der Waals surface area contributed by atoms with Gasteiger partial charge in [-0.1, -0.05) is 48.5 Å². The SMILES string of the molecule is O=C(Cn1c(/C=C/c2ccccc2)nc2ccccc21)N1CCOCC1. The summed E-state index contributed by atoms with van der Waals surface area (Å²) in [4.78, 5) is 19.3. The second kappa shape index (κ2) is 7.54. The van der Waals surface area contributed by atoms with Gasteiger partial charge in [0.15, 0.2) is 0 Å². The minimum atomic E-state index is 0.103. The number of benzene rings is 2. The van der Waals surface area contributed by atoms with E-state index in [0.29, 0.717) is 26.3 Å². The number of amides is 1. The van der Waals surface area contributed by atoms with E-state index in [1.54, 1.807) is 0 Å². The zero-order valence-electron chi connectivity index (χ0n) is 14.5. The number of rotatable bonds is 4. The minimum Gasteiger partial charge on any atom is -0.378 e. The Kier molecular flexibility index (Phi) is 4.80. The van der Waals surface area contributed by atoms with Crippen molar-refractivity contribution < 1.29 is 9.53 Å². The number of carbonyl (C=O) groups is 1. The summed E-state index contributed by atoms with van der Waals surface area (Å²) in [6.07, 6.45) is 4.00. The normalized spacial score (nSPS) is 15.0. The van der Waals surface area contributed by atoms with Gasteiger partial charge in [-0.3, -0.25) is 4.79 Å². The monoisotopic (exact) mass is 347 g/mol. The molecule has 5 heteroatoms. The Morgan fingerprint density at radius 3 is 2.54 bits per heavy atom. The summed E-state index contributed by atoms with van der Waals surface area (Å²) in [5.74, 6) is 0.891. The molecule has 0 atom stereocenters. The van der Waals surface area contributed by atoms with Gasteiger partial charge in [0.05, 0.1) is 24.2 Å². The fourth-order valence-electron chi connectivity index (χ4n) is 3.17. The first kappa shape index (κ1) is 16.5. The van der Waals surface area contributed by atoms with Crippen molar-refractivity contribution in [2.24, 2.45) is 0 Å². The van der Waals surface area contributed by atoms with Gasteiger partial charge in [-0.15, -0.1) is 0 Å². The number of ether oxygens (including phenoxy) is 1. The zero-order valence-corrected chi connectivity index (χ0v) is 14.5. The molecule has 2 aromatic carbocycles. The molecule has 0 aliphatic carbocycles. The van der Waals surface area contributed by atoms with Gasteiger partial charge in [-0.2, -0.15) is 0 Å². The van der Waals surface area contributed by atoms with Crippen molar-refractivity contribution in [3.05, 3.63) is 66.0 Å². The summed E-state index contributed by atoms with van der Waals surface area (Å²) < 4.78 is 7.34. The van der Waals surface area contributed by atoms with Gasteiger partial charge in [0.1, 0.15) is 12.4 Å². The fraction of sp³-hybridized carbons (Fsp3) is 0.238. The lowest BCUT2D eigenvalue weighted by molar-refractivity contribution is -0.135. The third-order valence-electron chi connectivity index (χ3n) is 4.57. The largest absolute Gasteiger partial charge is 0.378 e. The highest BCUT2D eigenvalue weighted by molar-refractivity contribution is 5.83. The number of hydrogen-bond acceptors (Lipinski definition) is 3. The average molecular weight is 347 g/mol. The molecule has 4 rings (SSSR count). The van der Waals surface area contributed by atoms with Gasteiger partial charge in [0.25, 0.3) is 0 Å². The Labute approximate surface area is 152 Å². The molecule has 1 amide bonds. The molecule has 26 heavy (non-hydrogen) atoms. The molecule has 132 valence electrons. The fourth-order valence-corrected chi connectivity index (χ4v) is 3.17. The quantitative estimate of drug-likeness (QED) is 0.729. The van der Waals surface area contributed by atoms with Crippen molar-refractivity contribution in [3.63, 3.8) is 0 Å². The van der Waals surface area contributed by atoms with Crippen LogP contribution in [0.2, 0.25) is 0 Å². The van der Waals surface area contributed by atoms with E-state index in [-0.39, 0.29) is 12.5 Å². The Hall–Kier alpha value is -2.92. The first-order valence-electron chi connectivity index (χ1n) is 8.85. The van der Waals surface area contributed by atoms with Crippen LogP contribution in [0, 0.1) is 0 Å². The van der Waals surface area contributed by atoms with Crippen LogP contribution >= 0.6 is 0 Å². The van der Waals surface area contributed by atoms with Crippen LogP contribution in [0.4, 0.5) is 0 Å². The second-order valence-electron chi connectivity index (χ2n) is 6.28. The van der Waals surface area contributed by atoms with Crippen LogP contribution in [0.5, 0.6) is 0 Å². The lowest BCUT2D eigenvalue weighted by Gasteiger charge is -2.27. The molecule has 1 fully saturated rings. The van der Waals surface area contributed by atoms with Gasteiger partial charge in [0.2, 0.25) is 5.91 Å². The molecule has 3 aromatic rings. The van der Waals surface area contributed by atoms with E-state index >= 15 is 0 Å². The number of imidazole rings is 1. The van der Waals surface area contributed by atoms with Crippen molar-refractivity contribution in [1.82, 2.24) is 14.5 Å². The lowest BCUT2D eigenvalue weighted by Crippen LogP contribution is -2.42. The summed E-state index contributed by atoms with van der Waals surface area (Å²) in [6, 6.07) is 18.0. The predicted octanol–water partition coefficient (Wildman–Crippen LogP) is 3.07. The maximum absolute atomic E-state index is 12.7. The molecule has 0 saturated carbocycles. The van der Waals surface area contributed by atoms with E-state index in [1.165, 1.54) is 0 Å². The number of hydrogen-bond donors (Lipinski definition) is 0. The predicted molar refractivity (Wildman–Crippen MR) is 103 cm³/mol. The van der Waals surface area contributed by atoms with Crippen LogP contribution in [-0.4, -0.2) is 46.7 Å². The molecule has 1 saturated heterocycles. The average Bonchev–Trinajstić information content (AvgIpc) is 3.05. The van der Waals surface area contributed by atoms with E-state index in [4.69, 9.17) is 9.72 Å². The number of morpholine rings is 1. The molecule has 0 spiro atoms. The first-order valence-corrected chi connectivity index (χ1v) is 8.85. The number of carbonyl (C=O) groups excluding carboxylic acids is 1. The van der Waals surface area contributed by atoms with Crippen molar-refractivity contribution in [2.75, 3.05) is 26.3 Å². The number of aromatic nitrogens is 2. The third kappa shape index (κ3) is 3.53. The van der Waals surface area contributed by atoms with Crippen molar-refractivity contribution in [2.45, 2.75) is 6.54 Å². The Morgan fingerprint density at radius 2 is 1.73 bits per heavy atom. The van der Waals surface area contributed by atoms with Crippen LogP contribution in [0.25, 0.3) is 23.2 Å². The van der Waals surface area contributed by atoms with Crippen molar-refractivity contribution in [1.29, 1.82) is 0 Å². The standard InChI is InChI=1S/C21H21N3O2/c25-21(23-12-14-26-15-13-23)16-24-19-9-5-4-8-18(19)22-20(24)11-10-17-6-2-1-3-7-17/h1-11H,12-16H2/b11-10+. The highest BCUT2D eigenvalue weighted by Gasteiger charge is 2.19.